The van der Waals surface area contributed by atoms with Gasteiger partial charge in [-0.1, -0.05) is 30.3 Å². The molecule has 0 amide bonds. The van der Waals surface area contributed by atoms with Crippen LogP contribution in [0.2, 0.25) is 0 Å². The van der Waals surface area contributed by atoms with Crippen LogP contribution < -0.4 is 11.1 Å². The number of hydrogen-bond donors (Lipinski definition) is 2. The average molecular weight is 256 g/mol. The number of hydrogen-bond acceptors (Lipinski definition) is 5. The van der Waals surface area contributed by atoms with E-state index in [4.69, 9.17) is 10.5 Å². The highest BCUT2D eigenvalue weighted by molar-refractivity contribution is 5.52. The molecule has 1 aliphatic rings. The second-order valence-electron chi connectivity index (χ2n) is 4.46. The molecule has 0 bridgehead atoms. The van der Waals surface area contributed by atoms with Gasteiger partial charge in [0, 0.05) is 19.0 Å². The number of nitrogens with one attached hydrogen (secondary N) is 1. The van der Waals surface area contributed by atoms with Crippen LogP contribution in [0.4, 0.5) is 11.8 Å². The van der Waals surface area contributed by atoms with Gasteiger partial charge in [-0.15, -0.1) is 0 Å². The topological polar surface area (TPSA) is 73.1 Å². The molecule has 0 saturated carbocycles. The summed E-state index contributed by atoms with van der Waals surface area (Å²) in [6.07, 6.45) is 0.636. The van der Waals surface area contributed by atoms with E-state index < -0.39 is 0 Å². The number of fused-ring (bicyclic) bond motifs is 1. The summed E-state index contributed by atoms with van der Waals surface area (Å²) in [5, 5.41) is 3.08. The number of aromatic nitrogens is 2. The van der Waals surface area contributed by atoms with Crippen LogP contribution >= 0.6 is 0 Å². The minimum Gasteiger partial charge on any atom is -0.373 e. The fraction of sp³-hybridized carbons (Fsp3) is 0.286. The van der Waals surface area contributed by atoms with Crippen LogP contribution in [0.3, 0.4) is 0 Å². The Labute approximate surface area is 111 Å². The molecule has 0 radical (unpaired) electrons. The Balaban J connectivity index is 2.12. The predicted molar refractivity (Wildman–Crippen MR) is 73.9 cm³/mol. The first-order chi connectivity index (χ1) is 9.29. The molecule has 3 N–H and O–H groups in total. The maximum Gasteiger partial charge on any atom is 0.222 e. The molecule has 1 aromatic heterocycles. The molecule has 0 aliphatic carbocycles. The third kappa shape index (κ3) is 2.13. The molecular weight excluding hydrogens is 240 g/mol. The van der Waals surface area contributed by atoms with Gasteiger partial charge in [-0.05, 0) is 5.56 Å². The van der Waals surface area contributed by atoms with E-state index >= 15 is 0 Å². The monoisotopic (exact) mass is 256 g/mol. The summed E-state index contributed by atoms with van der Waals surface area (Å²) in [5.41, 5.74) is 8.83. The Morgan fingerprint density at radius 1 is 1.26 bits per heavy atom. The van der Waals surface area contributed by atoms with Gasteiger partial charge in [-0.2, -0.15) is 4.98 Å². The molecule has 98 valence electrons. The summed E-state index contributed by atoms with van der Waals surface area (Å²) >= 11 is 0. The predicted octanol–water partition coefficient (Wildman–Crippen LogP) is 1.76. The minimum atomic E-state index is -0.164. The number of rotatable bonds is 2. The van der Waals surface area contributed by atoms with Gasteiger partial charge in [0.25, 0.3) is 0 Å². The second-order valence-corrected chi connectivity index (χ2v) is 4.46. The van der Waals surface area contributed by atoms with E-state index in [1.165, 1.54) is 0 Å². The third-order valence-electron chi connectivity index (χ3n) is 3.28. The standard InChI is InChI=1S/C14H16N4O/c1-16-13-10-7-8-19-12(9-5-3-2-4-6-9)11(10)17-14(15)18-13/h2-6,12H,7-8H2,1H3,(H3,15,16,17,18). The summed E-state index contributed by atoms with van der Waals surface area (Å²) in [4.78, 5) is 8.61. The molecule has 19 heavy (non-hydrogen) atoms. The molecule has 2 heterocycles. The van der Waals surface area contributed by atoms with Crippen LogP contribution in [-0.4, -0.2) is 23.6 Å². The van der Waals surface area contributed by atoms with Gasteiger partial charge in [0.15, 0.2) is 0 Å². The first kappa shape index (κ1) is 11.9. The van der Waals surface area contributed by atoms with Gasteiger partial charge in [-0.3, -0.25) is 0 Å². The Morgan fingerprint density at radius 3 is 2.79 bits per heavy atom. The van der Waals surface area contributed by atoms with Crippen molar-refractivity contribution in [3.05, 3.63) is 47.2 Å². The van der Waals surface area contributed by atoms with Crippen molar-refractivity contribution >= 4 is 11.8 Å². The van der Waals surface area contributed by atoms with Crippen LogP contribution in [-0.2, 0) is 11.2 Å². The number of ether oxygens (including phenoxy) is 1. The van der Waals surface area contributed by atoms with Crippen LogP contribution in [0.1, 0.15) is 22.9 Å². The highest BCUT2D eigenvalue weighted by atomic mass is 16.5. The lowest BCUT2D eigenvalue weighted by atomic mass is 9.98. The van der Waals surface area contributed by atoms with Gasteiger partial charge < -0.3 is 15.8 Å². The van der Waals surface area contributed by atoms with Crippen molar-refractivity contribution in [2.75, 3.05) is 24.7 Å². The summed E-state index contributed by atoms with van der Waals surface area (Å²) < 4.78 is 5.87. The molecule has 1 aliphatic heterocycles. The maximum atomic E-state index is 5.87. The molecule has 3 rings (SSSR count). The molecule has 5 nitrogen and oxygen atoms in total. The summed E-state index contributed by atoms with van der Waals surface area (Å²) in [7, 11) is 1.84. The highest BCUT2D eigenvalue weighted by Crippen LogP contribution is 2.34. The first-order valence-electron chi connectivity index (χ1n) is 6.30. The Kier molecular flexibility index (Phi) is 3.05. The Hall–Kier alpha value is -2.14. The number of anilines is 2. The van der Waals surface area contributed by atoms with E-state index in [9.17, 15) is 0 Å². The maximum absolute atomic E-state index is 5.87. The lowest BCUT2D eigenvalue weighted by Crippen LogP contribution is -2.22. The van der Waals surface area contributed by atoms with Gasteiger partial charge in [-0.25, -0.2) is 4.98 Å². The van der Waals surface area contributed by atoms with Crippen molar-refractivity contribution < 1.29 is 4.74 Å². The molecular formula is C14H16N4O. The quantitative estimate of drug-likeness (QED) is 0.856. The second kappa shape index (κ2) is 4.85. The van der Waals surface area contributed by atoms with Crippen molar-refractivity contribution in [2.24, 2.45) is 0 Å². The van der Waals surface area contributed by atoms with Gasteiger partial charge in [0.05, 0.1) is 12.3 Å². The zero-order valence-corrected chi connectivity index (χ0v) is 10.8. The lowest BCUT2D eigenvalue weighted by Gasteiger charge is -2.26. The summed E-state index contributed by atoms with van der Waals surface area (Å²) in [6, 6.07) is 10.1. The molecule has 1 aromatic carbocycles. The molecule has 0 saturated heterocycles. The highest BCUT2D eigenvalue weighted by Gasteiger charge is 2.27. The first-order valence-corrected chi connectivity index (χ1v) is 6.30. The molecule has 0 spiro atoms. The van der Waals surface area contributed by atoms with Gasteiger partial charge >= 0.3 is 0 Å². The minimum absolute atomic E-state index is 0.164. The van der Waals surface area contributed by atoms with Crippen LogP contribution in [0, 0.1) is 0 Å². The average Bonchev–Trinajstić information content (AvgIpc) is 2.46. The Morgan fingerprint density at radius 2 is 2.05 bits per heavy atom. The van der Waals surface area contributed by atoms with Gasteiger partial charge in [0.2, 0.25) is 5.95 Å². The van der Waals surface area contributed by atoms with Crippen LogP contribution in [0.15, 0.2) is 30.3 Å². The molecule has 1 atom stereocenters. The van der Waals surface area contributed by atoms with Gasteiger partial charge in [0.1, 0.15) is 11.9 Å². The van der Waals surface area contributed by atoms with E-state index in [1.807, 2.05) is 37.4 Å². The normalized spacial score (nSPS) is 17.8. The Bertz CT molecular complexity index is 585. The molecule has 0 fully saturated rings. The summed E-state index contributed by atoms with van der Waals surface area (Å²) in [6.45, 7) is 0.661. The molecule has 2 aromatic rings. The van der Waals surface area contributed by atoms with Crippen molar-refractivity contribution in [2.45, 2.75) is 12.5 Å². The summed E-state index contributed by atoms with van der Waals surface area (Å²) in [5.74, 6) is 1.07. The molecule has 1 unspecified atom stereocenters. The van der Waals surface area contributed by atoms with Crippen molar-refractivity contribution in [1.29, 1.82) is 0 Å². The number of nitrogens with zero attached hydrogens (tertiary/aromatic N) is 2. The van der Waals surface area contributed by atoms with Crippen LogP contribution in [0.5, 0.6) is 0 Å². The van der Waals surface area contributed by atoms with Crippen LogP contribution in [0.25, 0.3) is 0 Å². The van der Waals surface area contributed by atoms with E-state index in [-0.39, 0.29) is 12.1 Å². The van der Waals surface area contributed by atoms with E-state index in [0.717, 1.165) is 29.1 Å². The lowest BCUT2D eigenvalue weighted by molar-refractivity contribution is 0.0665. The SMILES string of the molecule is CNc1nc(N)nc2c1CCOC2c1ccccc1. The fourth-order valence-electron chi connectivity index (χ4n) is 2.43. The third-order valence-corrected chi connectivity index (χ3v) is 3.28. The smallest absolute Gasteiger partial charge is 0.222 e. The largest absolute Gasteiger partial charge is 0.373 e. The zero-order valence-electron chi connectivity index (χ0n) is 10.8. The fourth-order valence-corrected chi connectivity index (χ4v) is 2.43. The van der Waals surface area contributed by atoms with Crippen molar-refractivity contribution in [3.63, 3.8) is 0 Å². The van der Waals surface area contributed by atoms with E-state index in [1.54, 1.807) is 0 Å². The zero-order chi connectivity index (χ0) is 13.2. The number of nitrogens with two attached hydrogens (primary N) is 1. The molecule has 5 heteroatoms. The van der Waals surface area contributed by atoms with Crippen molar-refractivity contribution in [1.82, 2.24) is 9.97 Å². The number of nitrogen functional groups attached to an aromatic ring is 1. The number of benzene rings is 1. The van der Waals surface area contributed by atoms with Crippen molar-refractivity contribution in [3.8, 4) is 0 Å². The van der Waals surface area contributed by atoms with E-state index in [2.05, 4.69) is 15.3 Å². The van der Waals surface area contributed by atoms with E-state index in [0.29, 0.717) is 6.61 Å².